The van der Waals surface area contributed by atoms with Crippen LogP contribution in [0.4, 0.5) is 0 Å². The second-order valence-electron chi connectivity index (χ2n) is 7.66. The fourth-order valence-electron chi connectivity index (χ4n) is 3.93. The second kappa shape index (κ2) is 10.4. The molecule has 1 aromatic carbocycles. The van der Waals surface area contributed by atoms with E-state index in [0.29, 0.717) is 0 Å². The van der Waals surface area contributed by atoms with E-state index in [1.807, 2.05) is 12.1 Å². The van der Waals surface area contributed by atoms with Crippen molar-refractivity contribution < 1.29 is 4.74 Å². The van der Waals surface area contributed by atoms with Gasteiger partial charge in [0.2, 0.25) is 0 Å². The van der Waals surface area contributed by atoms with E-state index in [1.165, 1.54) is 44.3 Å². The van der Waals surface area contributed by atoms with Gasteiger partial charge in [-0.1, -0.05) is 38.3 Å². The van der Waals surface area contributed by atoms with Gasteiger partial charge in [-0.25, -0.2) is 4.98 Å². The van der Waals surface area contributed by atoms with E-state index in [4.69, 9.17) is 21.3 Å². The molecule has 0 N–H and O–H groups in total. The number of benzene rings is 1. The minimum absolute atomic E-state index is 0.132. The van der Waals surface area contributed by atoms with Gasteiger partial charge in [-0.15, -0.1) is 0 Å². The highest BCUT2D eigenvalue weighted by molar-refractivity contribution is 6.31. The fraction of sp³-hybridized carbons (Fsp3) is 0.682. The first-order chi connectivity index (χ1) is 13.2. The lowest BCUT2D eigenvalue weighted by atomic mass is 10.2. The highest BCUT2D eigenvalue weighted by atomic mass is 35.5. The van der Waals surface area contributed by atoms with Crippen molar-refractivity contribution in [2.75, 3.05) is 26.2 Å². The maximum Gasteiger partial charge on any atom is 0.139 e. The van der Waals surface area contributed by atoms with Crippen molar-refractivity contribution in [1.82, 2.24) is 14.5 Å². The molecule has 0 aliphatic carbocycles. The van der Waals surface area contributed by atoms with Gasteiger partial charge < -0.3 is 14.2 Å². The van der Waals surface area contributed by atoms with Gasteiger partial charge in [-0.05, 0) is 69.9 Å². The SMILES string of the molecule is CCCCN(CCCC)CCCn1c(C2CCCO2)nc2cc(Cl)ccc21. The molecule has 1 aliphatic heterocycles. The normalized spacial score (nSPS) is 17.4. The van der Waals surface area contributed by atoms with Crippen LogP contribution in [0.15, 0.2) is 18.2 Å². The first kappa shape index (κ1) is 20.6. The molecule has 1 aliphatic rings. The Hall–Kier alpha value is -1.10. The molecule has 3 rings (SSSR count). The Morgan fingerprint density at radius 1 is 1.15 bits per heavy atom. The topological polar surface area (TPSA) is 30.3 Å². The average molecular weight is 392 g/mol. The Kier molecular flexibility index (Phi) is 7.98. The number of rotatable bonds is 11. The predicted molar refractivity (Wildman–Crippen MR) is 114 cm³/mol. The van der Waals surface area contributed by atoms with Gasteiger partial charge in [0.05, 0.1) is 11.0 Å². The average Bonchev–Trinajstić information content (AvgIpc) is 3.31. The molecule has 1 fully saturated rings. The largest absolute Gasteiger partial charge is 0.370 e. The number of fused-ring (bicyclic) bond motifs is 1. The van der Waals surface area contributed by atoms with E-state index >= 15 is 0 Å². The molecule has 0 saturated carbocycles. The fourth-order valence-corrected chi connectivity index (χ4v) is 4.10. The van der Waals surface area contributed by atoms with Crippen LogP contribution in [0.1, 0.15) is 70.7 Å². The van der Waals surface area contributed by atoms with E-state index in [2.05, 4.69) is 29.4 Å². The van der Waals surface area contributed by atoms with Gasteiger partial charge in [-0.2, -0.15) is 0 Å². The number of aromatic nitrogens is 2. The van der Waals surface area contributed by atoms with Crippen molar-refractivity contribution in [3.63, 3.8) is 0 Å². The summed E-state index contributed by atoms with van der Waals surface area (Å²) in [5.74, 6) is 1.08. The van der Waals surface area contributed by atoms with E-state index in [9.17, 15) is 0 Å². The van der Waals surface area contributed by atoms with E-state index in [0.717, 1.165) is 55.3 Å². The molecule has 1 atom stereocenters. The first-order valence-electron chi connectivity index (χ1n) is 10.7. The summed E-state index contributed by atoms with van der Waals surface area (Å²) in [6, 6.07) is 6.05. The zero-order valence-corrected chi connectivity index (χ0v) is 17.7. The van der Waals surface area contributed by atoms with Gasteiger partial charge >= 0.3 is 0 Å². The lowest BCUT2D eigenvalue weighted by Gasteiger charge is -2.22. The van der Waals surface area contributed by atoms with Gasteiger partial charge in [-0.3, -0.25) is 0 Å². The Labute approximate surface area is 168 Å². The molecule has 1 aromatic heterocycles. The van der Waals surface area contributed by atoms with Gasteiger partial charge in [0, 0.05) is 18.2 Å². The van der Waals surface area contributed by atoms with Crippen LogP contribution in [0.25, 0.3) is 11.0 Å². The smallest absolute Gasteiger partial charge is 0.139 e. The van der Waals surface area contributed by atoms with E-state index in [1.54, 1.807) is 0 Å². The number of ether oxygens (including phenoxy) is 1. The molecule has 2 aromatic rings. The highest BCUT2D eigenvalue weighted by Gasteiger charge is 2.24. The third kappa shape index (κ3) is 5.46. The van der Waals surface area contributed by atoms with E-state index in [-0.39, 0.29) is 6.10 Å². The van der Waals surface area contributed by atoms with Crippen molar-refractivity contribution in [2.24, 2.45) is 0 Å². The zero-order valence-electron chi connectivity index (χ0n) is 16.9. The molecule has 0 radical (unpaired) electrons. The molecule has 27 heavy (non-hydrogen) atoms. The summed E-state index contributed by atoms with van der Waals surface area (Å²) in [6.45, 7) is 9.96. The van der Waals surface area contributed by atoms with Crippen LogP contribution in [0.3, 0.4) is 0 Å². The van der Waals surface area contributed by atoms with Crippen LogP contribution in [0.2, 0.25) is 5.02 Å². The van der Waals surface area contributed by atoms with Crippen molar-refractivity contribution in [1.29, 1.82) is 0 Å². The quantitative estimate of drug-likeness (QED) is 0.482. The molecular formula is C22H34ClN3O. The molecule has 0 bridgehead atoms. The first-order valence-corrected chi connectivity index (χ1v) is 11.1. The highest BCUT2D eigenvalue weighted by Crippen LogP contribution is 2.31. The van der Waals surface area contributed by atoms with Gasteiger partial charge in [0.25, 0.3) is 0 Å². The monoisotopic (exact) mass is 391 g/mol. The van der Waals surface area contributed by atoms with Crippen LogP contribution in [-0.2, 0) is 11.3 Å². The number of hydrogen-bond donors (Lipinski definition) is 0. The summed E-state index contributed by atoms with van der Waals surface area (Å²) in [4.78, 5) is 7.53. The van der Waals surface area contributed by atoms with Crippen molar-refractivity contribution >= 4 is 22.6 Å². The zero-order chi connectivity index (χ0) is 19.1. The Morgan fingerprint density at radius 2 is 1.89 bits per heavy atom. The summed E-state index contributed by atoms with van der Waals surface area (Å²) in [6.07, 6.45) is 8.56. The standard InChI is InChI=1S/C22H34ClN3O/c1-3-5-12-25(13-6-4-2)14-8-15-26-20-11-10-18(23)17-19(20)24-22(26)21-9-7-16-27-21/h10-11,17,21H,3-9,12-16H2,1-2H3. The van der Waals surface area contributed by atoms with Gasteiger partial charge in [0.15, 0.2) is 0 Å². The number of imidazole rings is 1. The number of hydrogen-bond acceptors (Lipinski definition) is 3. The molecule has 0 spiro atoms. The lowest BCUT2D eigenvalue weighted by Crippen LogP contribution is -2.28. The molecule has 0 amide bonds. The Balaban J connectivity index is 1.71. The van der Waals surface area contributed by atoms with Crippen LogP contribution in [-0.4, -0.2) is 40.7 Å². The number of nitrogens with zero attached hydrogens (tertiary/aromatic N) is 3. The number of unbranched alkanes of at least 4 members (excludes halogenated alkanes) is 2. The van der Waals surface area contributed by atoms with Crippen molar-refractivity contribution in [2.45, 2.75) is 71.4 Å². The second-order valence-corrected chi connectivity index (χ2v) is 8.10. The Bertz CT molecular complexity index is 701. The third-order valence-corrected chi connectivity index (χ3v) is 5.70. The van der Waals surface area contributed by atoms with Crippen molar-refractivity contribution in [3.05, 3.63) is 29.0 Å². The summed E-state index contributed by atoms with van der Waals surface area (Å²) >= 11 is 6.20. The molecule has 150 valence electrons. The minimum atomic E-state index is 0.132. The summed E-state index contributed by atoms with van der Waals surface area (Å²) < 4.78 is 8.32. The van der Waals surface area contributed by atoms with Crippen LogP contribution in [0.5, 0.6) is 0 Å². The third-order valence-electron chi connectivity index (χ3n) is 5.47. The molecule has 1 unspecified atom stereocenters. The maximum absolute atomic E-state index is 6.20. The van der Waals surface area contributed by atoms with Crippen molar-refractivity contribution in [3.8, 4) is 0 Å². The number of aryl methyl sites for hydroxylation is 1. The van der Waals surface area contributed by atoms with Crippen LogP contribution >= 0.6 is 11.6 Å². The maximum atomic E-state index is 6.20. The van der Waals surface area contributed by atoms with Gasteiger partial charge in [0.1, 0.15) is 11.9 Å². The van der Waals surface area contributed by atoms with Crippen LogP contribution < -0.4 is 0 Å². The molecule has 4 nitrogen and oxygen atoms in total. The van der Waals surface area contributed by atoms with Crippen LogP contribution in [0, 0.1) is 0 Å². The summed E-state index contributed by atoms with van der Waals surface area (Å²) in [5.41, 5.74) is 2.17. The summed E-state index contributed by atoms with van der Waals surface area (Å²) in [5, 5.41) is 0.747. The molecule has 5 heteroatoms. The molecule has 1 saturated heterocycles. The Morgan fingerprint density at radius 3 is 2.56 bits per heavy atom. The molecule has 2 heterocycles. The van der Waals surface area contributed by atoms with E-state index < -0.39 is 0 Å². The number of halogens is 1. The lowest BCUT2D eigenvalue weighted by molar-refractivity contribution is 0.102. The predicted octanol–water partition coefficient (Wildman–Crippen LogP) is 5.83. The minimum Gasteiger partial charge on any atom is -0.370 e. The molecular weight excluding hydrogens is 358 g/mol. The summed E-state index contributed by atoms with van der Waals surface area (Å²) in [7, 11) is 0.